The topological polar surface area (TPSA) is 95.6 Å². The van der Waals surface area contributed by atoms with E-state index in [9.17, 15) is 18.0 Å². The summed E-state index contributed by atoms with van der Waals surface area (Å²) in [6.45, 7) is 2.69. The predicted octanol–water partition coefficient (Wildman–Crippen LogP) is 2.28. The number of halogens is 1. The molecular formula is C22H26ClN3O4S. The van der Waals surface area contributed by atoms with Gasteiger partial charge >= 0.3 is 11.8 Å². The number of nitrogens with zero attached hydrogens (tertiary/aromatic N) is 1. The molecule has 2 aromatic rings. The van der Waals surface area contributed by atoms with Crippen molar-refractivity contribution in [3.63, 3.8) is 0 Å². The Labute approximate surface area is 187 Å². The number of carbonyl (C=O) groups excluding carboxylic acids is 2. The molecule has 0 aromatic heterocycles. The highest BCUT2D eigenvalue weighted by atomic mass is 35.5. The van der Waals surface area contributed by atoms with E-state index >= 15 is 0 Å². The van der Waals surface area contributed by atoms with Crippen molar-refractivity contribution in [2.24, 2.45) is 0 Å². The summed E-state index contributed by atoms with van der Waals surface area (Å²) in [6.07, 6.45) is 1.91. The second-order valence-corrected chi connectivity index (χ2v) is 9.89. The maximum Gasteiger partial charge on any atom is 0.309 e. The highest BCUT2D eigenvalue weighted by Crippen LogP contribution is 2.25. The zero-order valence-corrected chi connectivity index (χ0v) is 18.9. The summed E-state index contributed by atoms with van der Waals surface area (Å²) in [7, 11) is -3.65. The molecule has 1 aliphatic rings. The van der Waals surface area contributed by atoms with Gasteiger partial charge in [0.25, 0.3) is 0 Å². The minimum absolute atomic E-state index is 0.0918. The van der Waals surface area contributed by atoms with Gasteiger partial charge in [0.15, 0.2) is 0 Å². The zero-order chi connectivity index (χ0) is 22.4. The fourth-order valence-corrected chi connectivity index (χ4v) is 5.34. The smallest absolute Gasteiger partial charge is 0.309 e. The lowest BCUT2D eigenvalue weighted by atomic mass is 10.1. The van der Waals surface area contributed by atoms with Crippen LogP contribution in [0.25, 0.3) is 0 Å². The number of sulfonamides is 1. The summed E-state index contributed by atoms with van der Waals surface area (Å²) in [5, 5.41) is 5.78. The van der Waals surface area contributed by atoms with Crippen LogP contribution >= 0.6 is 11.6 Å². The molecule has 3 rings (SSSR count). The first kappa shape index (κ1) is 23.2. The molecule has 2 N–H and O–H groups in total. The number of nitrogens with one attached hydrogen (secondary N) is 2. The van der Waals surface area contributed by atoms with Gasteiger partial charge in [-0.05, 0) is 56.0 Å². The molecule has 0 aliphatic carbocycles. The standard InChI is InChI=1S/C22H26ClN3O4S/c1-16-4-10-20(11-5-16)31(29,30)26-14-2-3-19(26)15-25-22(28)21(27)24-13-12-17-6-8-18(23)9-7-17/h4-11,19H,2-3,12-15H2,1H3,(H,24,27)(H,25,28)/t19-/m1/s1. The van der Waals surface area contributed by atoms with E-state index < -0.39 is 21.8 Å². The third kappa shape index (κ3) is 6.06. The van der Waals surface area contributed by atoms with Crippen LogP contribution in [0.1, 0.15) is 24.0 Å². The van der Waals surface area contributed by atoms with Crippen molar-refractivity contribution < 1.29 is 18.0 Å². The summed E-state index contributed by atoms with van der Waals surface area (Å²) in [6, 6.07) is 13.6. The number of benzene rings is 2. The van der Waals surface area contributed by atoms with Crippen LogP contribution in [0.2, 0.25) is 5.02 Å². The Kier molecular flexibility index (Phi) is 7.69. The van der Waals surface area contributed by atoms with Gasteiger partial charge in [0, 0.05) is 30.7 Å². The van der Waals surface area contributed by atoms with Crippen molar-refractivity contribution in [2.75, 3.05) is 19.6 Å². The van der Waals surface area contributed by atoms with E-state index in [0.29, 0.717) is 37.4 Å². The maximum atomic E-state index is 13.0. The van der Waals surface area contributed by atoms with Gasteiger partial charge in [-0.25, -0.2) is 8.42 Å². The zero-order valence-electron chi connectivity index (χ0n) is 17.3. The van der Waals surface area contributed by atoms with Crippen molar-refractivity contribution in [1.82, 2.24) is 14.9 Å². The summed E-state index contributed by atoms with van der Waals surface area (Å²) < 4.78 is 27.3. The minimum atomic E-state index is -3.65. The monoisotopic (exact) mass is 463 g/mol. The molecule has 0 unspecified atom stereocenters. The van der Waals surface area contributed by atoms with E-state index in [0.717, 1.165) is 11.1 Å². The highest BCUT2D eigenvalue weighted by Gasteiger charge is 2.35. The van der Waals surface area contributed by atoms with Crippen molar-refractivity contribution in [3.05, 3.63) is 64.7 Å². The number of rotatable bonds is 7. The molecule has 0 spiro atoms. The molecule has 9 heteroatoms. The molecule has 0 radical (unpaired) electrons. The van der Waals surface area contributed by atoms with E-state index in [-0.39, 0.29) is 17.5 Å². The van der Waals surface area contributed by atoms with Crippen molar-refractivity contribution in [3.8, 4) is 0 Å². The molecule has 7 nitrogen and oxygen atoms in total. The van der Waals surface area contributed by atoms with Crippen molar-refractivity contribution >= 4 is 33.4 Å². The van der Waals surface area contributed by atoms with Gasteiger partial charge in [0.05, 0.1) is 4.90 Å². The number of carbonyl (C=O) groups is 2. The average Bonchev–Trinajstić information content (AvgIpc) is 3.23. The van der Waals surface area contributed by atoms with Crippen LogP contribution in [0.15, 0.2) is 53.4 Å². The molecule has 1 heterocycles. The van der Waals surface area contributed by atoms with Gasteiger partial charge in [-0.3, -0.25) is 9.59 Å². The fraction of sp³-hybridized carbons (Fsp3) is 0.364. The van der Waals surface area contributed by atoms with Crippen LogP contribution < -0.4 is 10.6 Å². The molecule has 1 saturated heterocycles. The first-order valence-corrected chi connectivity index (χ1v) is 12.0. The Morgan fingerprint density at radius 3 is 2.35 bits per heavy atom. The normalized spacial score (nSPS) is 16.8. The number of amides is 2. The molecule has 0 saturated carbocycles. The van der Waals surface area contributed by atoms with E-state index in [4.69, 9.17) is 11.6 Å². The van der Waals surface area contributed by atoms with Gasteiger partial charge in [-0.1, -0.05) is 41.4 Å². The molecule has 166 valence electrons. The van der Waals surface area contributed by atoms with Crippen LogP contribution in [0.5, 0.6) is 0 Å². The van der Waals surface area contributed by atoms with Crippen molar-refractivity contribution in [1.29, 1.82) is 0 Å². The van der Waals surface area contributed by atoms with Crippen LogP contribution in [0.3, 0.4) is 0 Å². The van der Waals surface area contributed by atoms with Gasteiger partial charge in [0.2, 0.25) is 10.0 Å². The third-order valence-corrected chi connectivity index (χ3v) is 7.49. The first-order chi connectivity index (χ1) is 14.8. The molecule has 1 fully saturated rings. The molecule has 2 amide bonds. The SMILES string of the molecule is Cc1ccc(S(=O)(=O)N2CCC[C@@H]2CNC(=O)C(=O)NCCc2ccc(Cl)cc2)cc1. The Hall–Kier alpha value is -2.42. The maximum absolute atomic E-state index is 13.0. The van der Waals surface area contributed by atoms with Crippen LogP contribution in [-0.2, 0) is 26.0 Å². The number of hydrogen-bond donors (Lipinski definition) is 2. The Morgan fingerprint density at radius 2 is 1.68 bits per heavy atom. The van der Waals surface area contributed by atoms with Crippen LogP contribution in [-0.4, -0.2) is 50.2 Å². The lowest BCUT2D eigenvalue weighted by molar-refractivity contribution is -0.139. The summed E-state index contributed by atoms with van der Waals surface area (Å²) in [5.41, 5.74) is 1.97. The molecule has 31 heavy (non-hydrogen) atoms. The van der Waals surface area contributed by atoms with Crippen LogP contribution in [0.4, 0.5) is 0 Å². The summed E-state index contributed by atoms with van der Waals surface area (Å²) in [4.78, 5) is 24.4. The van der Waals surface area contributed by atoms with Gasteiger partial charge < -0.3 is 10.6 Å². The van der Waals surface area contributed by atoms with Crippen LogP contribution in [0, 0.1) is 6.92 Å². The molecular weight excluding hydrogens is 438 g/mol. The van der Waals surface area contributed by atoms with E-state index in [1.54, 1.807) is 36.4 Å². The Morgan fingerprint density at radius 1 is 1.03 bits per heavy atom. The first-order valence-electron chi connectivity index (χ1n) is 10.2. The largest absolute Gasteiger partial charge is 0.348 e. The quantitative estimate of drug-likeness (QED) is 0.616. The predicted molar refractivity (Wildman–Crippen MR) is 119 cm³/mol. The highest BCUT2D eigenvalue weighted by molar-refractivity contribution is 7.89. The minimum Gasteiger partial charge on any atom is -0.348 e. The number of hydrogen-bond acceptors (Lipinski definition) is 4. The van der Waals surface area contributed by atoms with Gasteiger partial charge in [-0.2, -0.15) is 4.31 Å². The Balaban J connectivity index is 1.49. The molecule has 1 aliphatic heterocycles. The van der Waals surface area contributed by atoms with E-state index in [1.807, 2.05) is 19.1 Å². The molecule has 1 atom stereocenters. The van der Waals surface area contributed by atoms with E-state index in [2.05, 4.69) is 10.6 Å². The van der Waals surface area contributed by atoms with Crippen molar-refractivity contribution in [2.45, 2.75) is 37.1 Å². The summed E-state index contributed by atoms with van der Waals surface area (Å²) >= 11 is 5.84. The summed E-state index contributed by atoms with van der Waals surface area (Å²) in [5.74, 6) is -1.50. The third-order valence-electron chi connectivity index (χ3n) is 5.27. The van der Waals surface area contributed by atoms with Gasteiger partial charge in [0.1, 0.15) is 0 Å². The second kappa shape index (κ2) is 10.3. The molecule has 0 bridgehead atoms. The second-order valence-electron chi connectivity index (χ2n) is 7.57. The average molecular weight is 464 g/mol. The Bertz CT molecular complexity index is 1020. The molecule has 2 aromatic carbocycles. The lowest BCUT2D eigenvalue weighted by Crippen LogP contribution is -2.47. The van der Waals surface area contributed by atoms with Gasteiger partial charge in [-0.15, -0.1) is 0 Å². The lowest BCUT2D eigenvalue weighted by Gasteiger charge is -2.24. The van der Waals surface area contributed by atoms with E-state index in [1.165, 1.54) is 4.31 Å². The number of aryl methyl sites for hydroxylation is 1. The fourth-order valence-electron chi connectivity index (χ4n) is 3.52.